The molecule has 0 fully saturated rings. The van der Waals surface area contributed by atoms with Gasteiger partial charge < -0.3 is 0 Å². The quantitative estimate of drug-likeness (QED) is 0.125. The van der Waals surface area contributed by atoms with E-state index in [0.717, 1.165) is 85.4 Å². The van der Waals surface area contributed by atoms with Crippen LogP contribution in [0.15, 0.2) is 75.7 Å². The fourth-order valence-electron chi connectivity index (χ4n) is 5.77. The van der Waals surface area contributed by atoms with Gasteiger partial charge in [-0.1, -0.05) is 76.9 Å². The highest BCUT2D eigenvalue weighted by atomic mass is 79.9. The number of benzene rings is 6. The van der Waals surface area contributed by atoms with Crippen LogP contribution in [0.25, 0.3) is 76.5 Å². The number of halogens is 2. The maximum atomic E-state index is 5.21. The summed E-state index contributed by atoms with van der Waals surface area (Å²) < 4.78 is 1.95. The van der Waals surface area contributed by atoms with Gasteiger partial charge in [-0.25, -0.2) is 19.9 Å². The van der Waals surface area contributed by atoms with Crippen LogP contribution in [-0.2, 0) is 5.41 Å². The van der Waals surface area contributed by atoms with E-state index in [4.69, 9.17) is 19.9 Å². The van der Waals surface area contributed by atoms with Crippen LogP contribution in [0.1, 0.15) is 26.3 Å². The number of rotatable bonds is 0. The molecule has 2 heterocycles. The van der Waals surface area contributed by atoms with Crippen LogP contribution < -0.4 is 0 Å². The SMILES string of the molecule is CC(C)(C)c1cc2c3nc4ccccc4nc3c3c(Br)cc(Br)c4c5nc6ccccc6nc5c(c1)c2c34. The molecule has 0 N–H and O–H groups in total. The smallest absolute Gasteiger partial charge is 0.0991 e. The Bertz CT molecular complexity index is 2150. The van der Waals surface area contributed by atoms with Gasteiger partial charge >= 0.3 is 0 Å². The highest BCUT2D eigenvalue weighted by Crippen LogP contribution is 2.49. The van der Waals surface area contributed by atoms with E-state index in [1.807, 2.05) is 48.5 Å². The van der Waals surface area contributed by atoms with E-state index in [0.29, 0.717) is 0 Å². The van der Waals surface area contributed by atoms with E-state index in [1.165, 1.54) is 5.56 Å². The number of hydrogen-bond acceptors (Lipinski definition) is 4. The van der Waals surface area contributed by atoms with Crippen molar-refractivity contribution in [1.29, 1.82) is 0 Å². The molecule has 182 valence electrons. The second kappa shape index (κ2) is 7.55. The zero-order chi connectivity index (χ0) is 25.9. The third-order valence-corrected chi connectivity index (χ3v) is 8.86. The molecule has 2 aromatic heterocycles. The summed E-state index contributed by atoms with van der Waals surface area (Å²) in [5.41, 5.74) is 8.30. The lowest BCUT2D eigenvalue weighted by Crippen LogP contribution is -2.11. The van der Waals surface area contributed by atoms with Gasteiger partial charge in [-0.3, -0.25) is 0 Å². The maximum absolute atomic E-state index is 5.21. The molecule has 0 atom stereocenters. The molecule has 0 bridgehead atoms. The van der Waals surface area contributed by atoms with Crippen molar-refractivity contribution in [3.63, 3.8) is 0 Å². The minimum Gasteiger partial charge on any atom is -0.244 e. The van der Waals surface area contributed by atoms with Gasteiger partial charge in [-0.05, 0) is 53.4 Å². The summed E-state index contributed by atoms with van der Waals surface area (Å²) in [6.07, 6.45) is 0. The molecule has 6 heteroatoms. The highest BCUT2D eigenvalue weighted by Gasteiger charge is 2.26. The first-order valence-electron chi connectivity index (χ1n) is 12.6. The van der Waals surface area contributed by atoms with Gasteiger partial charge in [0.25, 0.3) is 0 Å². The summed E-state index contributed by atoms with van der Waals surface area (Å²) >= 11 is 7.79. The lowest BCUT2D eigenvalue weighted by Gasteiger charge is -2.23. The predicted octanol–water partition coefficient (Wildman–Crippen LogP) is 9.60. The van der Waals surface area contributed by atoms with E-state index in [9.17, 15) is 0 Å². The fourth-order valence-corrected chi connectivity index (χ4v) is 7.31. The van der Waals surface area contributed by atoms with Crippen LogP contribution in [-0.4, -0.2) is 19.9 Å². The van der Waals surface area contributed by atoms with Crippen molar-refractivity contribution in [2.75, 3.05) is 0 Å². The third-order valence-electron chi connectivity index (χ3n) is 7.61. The van der Waals surface area contributed by atoms with Crippen LogP contribution in [0, 0.1) is 0 Å². The van der Waals surface area contributed by atoms with Crippen molar-refractivity contribution in [2.45, 2.75) is 26.2 Å². The molecule has 0 saturated heterocycles. The Morgan fingerprint density at radius 1 is 0.500 bits per heavy atom. The fraction of sp³-hybridized carbons (Fsp3) is 0.125. The Balaban J connectivity index is 1.79. The lowest BCUT2D eigenvalue weighted by atomic mass is 9.82. The standard InChI is InChI=1S/C32H20Br2N4/c1-32(2,3)15-12-16-24-17(13-15)29-31(38-23-11-7-5-9-21(23)36-29)26-19(34)14-18(33)25(27(24)26)30-28(16)35-20-8-4-6-10-22(20)37-30/h4-14H,1-3H3. The molecule has 8 aromatic rings. The van der Waals surface area contributed by atoms with Gasteiger partial charge in [-0.2, -0.15) is 0 Å². The van der Waals surface area contributed by atoms with E-state index in [1.54, 1.807) is 0 Å². The minimum atomic E-state index is -0.0706. The van der Waals surface area contributed by atoms with Crippen molar-refractivity contribution >= 4 is 108 Å². The molecule has 0 aliphatic rings. The topological polar surface area (TPSA) is 51.6 Å². The van der Waals surface area contributed by atoms with Crippen molar-refractivity contribution < 1.29 is 0 Å². The first-order chi connectivity index (χ1) is 18.3. The van der Waals surface area contributed by atoms with Gasteiger partial charge in [-0.15, -0.1) is 0 Å². The second-order valence-corrected chi connectivity index (χ2v) is 12.7. The van der Waals surface area contributed by atoms with Crippen LogP contribution in [0.5, 0.6) is 0 Å². The Kier molecular flexibility index (Phi) is 4.47. The molecular weight excluding hydrogens is 600 g/mol. The van der Waals surface area contributed by atoms with Crippen LogP contribution in [0.4, 0.5) is 0 Å². The van der Waals surface area contributed by atoms with E-state index >= 15 is 0 Å². The van der Waals surface area contributed by atoms with Crippen molar-refractivity contribution in [1.82, 2.24) is 19.9 Å². The summed E-state index contributed by atoms with van der Waals surface area (Å²) in [6, 6.07) is 22.9. The zero-order valence-corrected chi connectivity index (χ0v) is 24.1. The molecule has 0 aliphatic carbocycles. The average molecular weight is 620 g/mol. The third kappa shape index (κ3) is 2.96. The number of hydrogen-bond donors (Lipinski definition) is 0. The Hall–Kier alpha value is -3.48. The molecule has 0 unspecified atom stereocenters. The molecule has 0 spiro atoms. The highest BCUT2D eigenvalue weighted by molar-refractivity contribution is 9.11. The minimum absolute atomic E-state index is 0.0706. The molecule has 6 aromatic carbocycles. The summed E-state index contributed by atoms with van der Waals surface area (Å²) in [5.74, 6) is 0. The molecular formula is C32H20Br2N4. The summed E-state index contributed by atoms with van der Waals surface area (Å²) in [4.78, 5) is 20.8. The average Bonchev–Trinajstić information content (AvgIpc) is 2.90. The number of fused-ring (bicyclic) bond motifs is 8. The van der Waals surface area contributed by atoms with Crippen molar-refractivity contribution in [3.8, 4) is 0 Å². The summed E-state index contributed by atoms with van der Waals surface area (Å²) in [5, 5.41) is 6.58. The van der Waals surface area contributed by atoms with Crippen molar-refractivity contribution in [3.05, 3.63) is 81.2 Å². The number of aromatic nitrogens is 4. The number of para-hydroxylation sites is 4. The molecule has 4 nitrogen and oxygen atoms in total. The molecule has 0 amide bonds. The van der Waals surface area contributed by atoms with E-state index in [-0.39, 0.29) is 5.41 Å². The molecule has 0 saturated carbocycles. The Morgan fingerprint density at radius 2 is 0.895 bits per heavy atom. The number of nitrogens with zero attached hydrogens (tertiary/aromatic N) is 4. The zero-order valence-electron chi connectivity index (χ0n) is 20.9. The van der Waals surface area contributed by atoms with Crippen LogP contribution >= 0.6 is 31.9 Å². The van der Waals surface area contributed by atoms with Gasteiger partial charge in [0.15, 0.2) is 0 Å². The lowest BCUT2D eigenvalue weighted by molar-refractivity contribution is 0.592. The predicted molar refractivity (Wildman–Crippen MR) is 165 cm³/mol. The van der Waals surface area contributed by atoms with E-state index < -0.39 is 0 Å². The molecule has 8 rings (SSSR count). The first-order valence-corrected chi connectivity index (χ1v) is 14.1. The Labute approximate surface area is 234 Å². The Morgan fingerprint density at radius 3 is 1.29 bits per heavy atom. The molecule has 0 aliphatic heterocycles. The van der Waals surface area contributed by atoms with Gasteiger partial charge in [0.2, 0.25) is 0 Å². The largest absolute Gasteiger partial charge is 0.244 e. The summed E-state index contributed by atoms with van der Waals surface area (Å²) in [7, 11) is 0. The molecule has 38 heavy (non-hydrogen) atoms. The van der Waals surface area contributed by atoms with Gasteiger partial charge in [0, 0.05) is 41.3 Å². The van der Waals surface area contributed by atoms with E-state index in [2.05, 4.69) is 70.8 Å². The van der Waals surface area contributed by atoms with Gasteiger partial charge in [0.1, 0.15) is 0 Å². The summed E-state index contributed by atoms with van der Waals surface area (Å²) in [6.45, 7) is 6.75. The monoisotopic (exact) mass is 618 g/mol. The normalized spacial score (nSPS) is 12.9. The maximum Gasteiger partial charge on any atom is 0.0991 e. The van der Waals surface area contributed by atoms with Crippen molar-refractivity contribution in [2.24, 2.45) is 0 Å². The van der Waals surface area contributed by atoms with Gasteiger partial charge in [0.05, 0.1) is 44.1 Å². The first kappa shape index (κ1) is 22.5. The van der Waals surface area contributed by atoms with Crippen LogP contribution in [0.2, 0.25) is 0 Å². The van der Waals surface area contributed by atoms with Crippen LogP contribution in [0.3, 0.4) is 0 Å². The molecule has 0 radical (unpaired) electrons. The second-order valence-electron chi connectivity index (χ2n) is 11.0.